The Morgan fingerprint density at radius 3 is 2.42 bits per heavy atom. The van der Waals surface area contributed by atoms with Crippen LogP contribution < -0.4 is 0 Å². The van der Waals surface area contributed by atoms with Gasteiger partial charge in [-0.25, -0.2) is 17.8 Å². The number of sulfonamides is 1. The molecular formula is C12H18FN3O2S. The van der Waals surface area contributed by atoms with E-state index >= 15 is 0 Å². The van der Waals surface area contributed by atoms with E-state index in [0.29, 0.717) is 32.2 Å². The molecular weight excluding hydrogens is 269 g/mol. The number of piperazine rings is 1. The highest BCUT2D eigenvalue weighted by Gasteiger charge is 2.31. The molecule has 0 unspecified atom stereocenters. The maximum Gasteiger partial charge on any atom is 0.263 e. The second kappa shape index (κ2) is 5.52. The van der Waals surface area contributed by atoms with E-state index in [4.69, 9.17) is 0 Å². The number of hydrogen-bond donors (Lipinski definition) is 0. The second-order valence-corrected chi connectivity index (χ2v) is 6.68. The van der Waals surface area contributed by atoms with Gasteiger partial charge in [0.2, 0.25) is 5.03 Å². The molecule has 0 bridgehead atoms. The SMILES string of the molecule is CC(C)N1CCN(S(=O)(=O)c2ncccc2F)CC1. The molecule has 19 heavy (non-hydrogen) atoms. The van der Waals surface area contributed by atoms with Gasteiger partial charge in [-0.3, -0.25) is 4.90 Å². The standard InChI is InChI=1S/C12H18FN3O2S/c1-10(2)15-6-8-16(9-7-15)19(17,18)12-11(13)4-3-5-14-12/h3-5,10H,6-9H2,1-2H3. The molecule has 0 N–H and O–H groups in total. The van der Waals surface area contributed by atoms with Crippen molar-refractivity contribution < 1.29 is 12.8 Å². The maximum atomic E-state index is 13.6. The van der Waals surface area contributed by atoms with Gasteiger partial charge in [-0.15, -0.1) is 0 Å². The smallest absolute Gasteiger partial charge is 0.263 e. The average Bonchev–Trinajstić information content (AvgIpc) is 2.39. The lowest BCUT2D eigenvalue weighted by atomic mass is 10.3. The van der Waals surface area contributed by atoms with Crippen molar-refractivity contribution in [1.82, 2.24) is 14.2 Å². The molecule has 1 saturated heterocycles. The Balaban J connectivity index is 2.17. The van der Waals surface area contributed by atoms with E-state index in [1.165, 1.54) is 16.6 Å². The third-order valence-electron chi connectivity index (χ3n) is 3.31. The summed E-state index contributed by atoms with van der Waals surface area (Å²) < 4.78 is 39.4. The first-order valence-corrected chi connectivity index (χ1v) is 7.71. The van der Waals surface area contributed by atoms with Crippen LogP contribution in [0.15, 0.2) is 23.4 Å². The van der Waals surface area contributed by atoms with E-state index in [1.807, 2.05) is 0 Å². The van der Waals surface area contributed by atoms with Crippen LogP contribution in [0.2, 0.25) is 0 Å². The summed E-state index contributed by atoms with van der Waals surface area (Å²) in [5.74, 6) is -0.797. The maximum absolute atomic E-state index is 13.6. The number of rotatable bonds is 3. The summed E-state index contributed by atoms with van der Waals surface area (Å²) in [5.41, 5.74) is 0. The van der Waals surface area contributed by atoms with E-state index in [-0.39, 0.29) is 0 Å². The minimum Gasteiger partial charge on any atom is -0.298 e. The van der Waals surface area contributed by atoms with Gasteiger partial charge in [0.15, 0.2) is 5.82 Å². The molecule has 0 saturated carbocycles. The van der Waals surface area contributed by atoms with E-state index in [9.17, 15) is 12.8 Å². The molecule has 0 atom stereocenters. The third kappa shape index (κ3) is 2.93. The molecule has 2 heterocycles. The van der Waals surface area contributed by atoms with Gasteiger partial charge < -0.3 is 0 Å². The molecule has 106 valence electrons. The number of nitrogens with zero attached hydrogens (tertiary/aromatic N) is 3. The van der Waals surface area contributed by atoms with Crippen LogP contribution in [0.25, 0.3) is 0 Å². The van der Waals surface area contributed by atoms with Gasteiger partial charge >= 0.3 is 0 Å². The average molecular weight is 287 g/mol. The molecule has 7 heteroatoms. The number of pyridine rings is 1. The first-order chi connectivity index (χ1) is 8.93. The van der Waals surface area contributed by atoms with Crippen molar-refractivity contribution in [2.24, 2.45) is 0 Å². The summed E-state index contributed by atoms with van der Waals surface area (Å²) >= 11 is 0. The highest BCUT2D eigenvalue weighted by Crippen LogP contribution is 2.18. The zero-order chi connectivity index (χ0) is 14.0. The topological polar surface area (TPSA) is 53.5 Å². The van der Waals surface area contributed by atoms with Gasteiger partial charge in [0, 0.05) is 38.4 Å². The predicted octanol–water partition coefficient (Wildman–Crippen LogP) is 0.935. The molecule has 1 aromatic rings. The first-order valence-electron chi connectivity index (χ1n) is 6.27. The lowest BCUT2D eigenvalue weighted by Gasteiger charge is -2.35. The minimum absolute atomic E-state index is 0.372. The molecule has 2 rings (SSSR count). The molecule has 5 nitrogen and oxygen atoms in total. The summed E-state index contributed by atoms with van der Waals surface area (Å²) in [6.45, 7) is 6.20. The van der Waals surface area contributed by atoms with Crippen molar-refractivity contribution >= 4 is 10.0 Å². The van der Waals surface area contributed by atoms with Gasteiger partial charge in [-0.1, -0.05) is 0 Å². The molecule has 1 aliphatic heterocycles. The summed E-state index contributed by atoms with van der Waals surface area (Å²) in [5, 5.41) is -0.479. The van der Waals surface area contributed by atoms with E-state index in [1.54, 1.807) is 0 Å². The second-order valence-electron chi connectivity index (χ2n) is 4.82. The van der Waals surface area contributed by atoms with Gasteiger partial charge in [-0.05, 0) is 26.0 Å². The van der Waals surface area contributed by atoms with Crippen LogP contribution in [0.3, 0.4) is 0 Å². The fraction of sp³-hybridized carbons (Fsp3) is 0.583. The molecule has 0 spiro atoms. The van der Waals surface area contributed by atoms with Crippen LogP contribution in [-0.2, 0) is 10.0 Å². The van der Waals surface area contributed by atoms with Crippen LogP contribution in [0.4, 0.5) is 4.39 Å². The Hall–Kier alpha value is -1.05. The van der Waals surface area contributed by atoms with Gasteiger partial charge in [0.25, 0.3) is 10.0 Å². The van der Waals surface area contributed by atoms with Gasteiger partial charge in [0.1, 0.15) is 0 Å². The Bertz CT molecular complexity index is 540. The number of halogens is 1. The molecule has 0 aliphatic carbocycles. The minimum atomic E-state index is -3.82. The van der Waals surface area contributed by atoms with Crippen molar-refractivity contribution in [3.63, 3.8) is 0 Å². The zero-order valence-corrected chi connectivity index (χ0v) is 11.9. The summed E-state index contributed by atoms with van der Waals surface area (Å²) in [4.78, 5) is 5.86. The molecule has 0 amide bonds. The molecule has 0 aromatic carbocycles. The molecule has 1 fully saturated rings. The lowest BCUT2D eigenvalue weighted by Crippen LogP contribution is -2.50. The Morgan fingerprint density at radius 1 is 1.26 bits per heavy atom. The third-order valence-corrected chi connectivity index (χ3v) is 5.15. The van der Waals surface area contributed by atoms with Crippen molar-refractivity contribution in [2.45, 2.75) is 24.9 Å². The van der Waals surface area contributed by atoms with Crippen LogP contribution in [0.1, 0.15) is 13.8 Å². The molecule has 0 radical (unpaired) electrons. The van der Waals surface area contributed by atoms with E-state index < -0.39 is 20.9 Å². The quantitative estimate of drug-likeness (QED) is 0.830. The van der Waals surface area contributed by atoms with Crippen LogP contribution in [-0.4, -0.2) is 54.8 Å². The van der Waals surface area contributed by atoms with Gasteiger partial charge in [-0.2, -0.15) is 4.31 Å². The number of aromatic nitrogens is 1. The fourth-order valence-electron chi connectivity index (χ4n) is 2.14. The van der Waals surface area contributed by atoms with E-state index in [0.717, 1.165) is 6.07 Å². The summed E-state index contributed by atoms with van der Waals surface area (Å²) in [7, 11) is -3.82. The Labute approximate surface area is 113 Å². The molecule has 1 aliphatic rings. The first kappa shape index (κ1) is 14.4. The molecule has 1 aromatic heterocycles. The van der Waals surface area contributed by atoms with Gasteiger partial charge in [0.05, 0.1) is 0 Å². The van der Waals surface area contributed by atoms with Crippen LogP contribution >= 0.6 is 0 Å². The predicted molar refractivity (Wildman–Crippen MR) is 69.7 cm³/mol. The normalized spacial score (nSPS) is 18.9. The van der Waals surface area contributed by atoms with Crippen LogP contribution in [0.5, 0.6) is 0 Å². The Morgan fingerprint density at radius 2 is 1.89 bits per heavy atom. The van der Waals surface area contributed by atoms with Crippen molar-refractivity contribution in [3.05, 3.63) is 24.1 Å². The van der Waals surface area contributed by atoms with E-state index in [2.05, 4.69) is 23.7 Å². The van der Waals surface area contributed by atoms with Crippen molar-refractivity contribution in [2.75, 3.05) is 26.2 Å². The Kier molecular flexibility index (Phi) is 4.17. The monoisotopic (exact) mass is 287 g/mol. The van der Waals surface area contributed by atoms with Crippen LogP contribution in [0, 0.1) is 5.82 Å². The lowest BCUT2D eigenvalue weighted by molar-refractivity contribution is 0.154. The fourth-order valence-corrected chi connectivity index (χ4v) is 3.54. The highest BCUT2D eigenvalue weighted by atomic mass is 32.2. The number of hydrogen-bond acceptors (Lipinski definition) is 4. The summed E-state index contributed by atoms with van der Waals surface area (Å²) in [6.07, 6.45) is 1.29. The van der Waals surface area contributed by atoms with Crippen molar-refractivity contribution in [3.8, 4) is 0 Å². The largest absolute Gasteiger partial charge is 0.298 e. The van der Waals surface area contributed by atoms with Crippen molar-refractivity contribution in [1.29, 1.82) is 0 Å². The zero-order valence-electron chi connectivity index (χ0n) is 11.1. The highest BCUT2D eigenvalue weighted by molar-refractivity contribution is 7.89. The summed E-state index contributed by atoms with van der Waals surface area (Å²) in [6, 6.07) is 2.88.